The first-order valence-electron chi connectivity index (χ1n) is 12.2. The molecule has 4 heterocycles. The topological polar surface area (TPSA) is 162 Å². The molecule has 198 valence electrons. The summed E-state index contributed by atoms with van der Waals surface area (Å²) in [6.45, 7) is 3.97. The number of aromatic amines is 1. The summed E-state index contributed by atoms with van der Waals surface area (Å²) in [4.78, 5) is 46.5. The number of amides is 1. The molecule has 2 fully saturated rings. The summed E-state index contributed by atoms with van der Waals surface area (Å²) in [5.74, 6) is -1.38. The molecule has 3 atom stereocenters. The van der Waals surface area contributed by atoms with Crippen molar-refractivity contribution in [2.75, 3.05) is 0 Å². The molecule has 0 unspecified atom stereocenters. The van der Waals surface area contributed by atoms with Crippen LogP contribution in [0.25, 0.3) is 10.9 Å². The van der Waals surface area contributed by atoms with Gasteiger partial charge in [0.2, 0.25) is 0 Å². The minimum atomic E-state index is -0.833. The Kier molecular flexibility index (Phi) is 9.24. The van der Waals surface area contributed by atoms with Crippen molar-refractivity contribution in [2.45, 2.75) is 71.0 Å². The van der Waals surface area contributed by atoms with Crippen LogP contribution in [0.3, 0.4) is 0 Å². The first kappa shape index (κ1) is 27.7. The lowest BCUT2D eigenvalue weighted by atomic mass is 9.95. The number of carboxylic acids is 2. The van der Waals surface area contributed by atoms with Crippen molar-refractivity contribution in [3.8, 4) is 0 Å². The van der Waals surface area contributed by atoms with Crippen LogP contribution in [0.4, 0.5) is 0 Å². The number of carboxylic acid groups (broad SMARTS) is 2. The Bertz CT molecular complexity index is 1310. The number of H-pyrrole nitrogens is 1. The lowest BCUT2D eigenvalue weighted by molar-refractivity contribution is -0.135. The first-order chi connectivity index (χ1) is 17.5. The third-order valence-electron chi connectivity index (χ3n) is 6.36. The zero-order chi connectivity index (χ0) is 27.1. The van der Waals surface area contributed by atoms with Gasteiger partial charge in [-0.1, -0.05) is 18.2 Å². The quantitative estimate of drug-likeness (QED) is 0.349. The Morgan fingerprint density at radius 3 is 2.35 bits per heavy atom. The van der Waals surface area contributed by atoms with Crippen molar-refractivity contribution in [1.82, 2.24) is 15.6 Å². The van der Waals surface area contributed by atoms with Gasteiger partial charge in [-0.3, -0.25) is 14.4 Å². The van der Waals surface area contributed by atoms with E-state index in [2.05, 4.69) is 21.7 Å². The van der Waals surface area contributed by atoms with Crippen molar-refractivity contribution in [2.24, 2.45) is 0 Å². The fourth-order valence-electron chi connectivity index (χ4n) is 4.89. The second-order valence-electron chi connectivity index (χ2n) is 9.32. The van der Waals surface area contributed by atoms with E-state index in [4.69, 9.17) is 24.2 Å². The highest BCUT2D eigenvalue weighted by Gasteiger charge is 2.40. The molecule has 0 spiro atoms. The van der Waals surface area contributed by atoms with E-state index >= 15 is 0 Å². The summed E-state index contributed by atoms with van der Waals surface area (Å²) < 4.78 is 5.50. The number of carbonyl (C=O) groups excluding carboxylic acids is 1. The number of aryl methyl sites for hydroxylation is 3. The van der Waals surface area contributed by atoms with E-state index < -0.39 is 17.6 Å². The van der Waals surface area contributed by atoms with E-state index in [9.17, 15) is 9.59 Å². The predicted octanol–water partition coefficient (Wildman–Crippen LogP) is 3.02. The Morgan fingerprint density at radius 2 is 1.76 bits per heavy atom. The van der Waals surface area contributed by atoms with Crippen molar-refractivity contribution in [1.29, 1.82) is 0 Å². The number of aliphatic carboxylic acids is 2. The average molecular weight is 512 g/mol. The monoisotopic (exact) mass is 511 g/mol. The molecule has 2 aliphatic heterocycles. The molecule has 10 heteroatoms. The van der Waals surface area contributed by atoms with Gasteiger partial charge in [0.15, 0.2) is 0 Å². The Morgan fingerprint density at radius 1 is 1.08 bits per heavy atom. The van der Waals surface area contributed by atoms with Crippen LogP contribution >= 0.6 is 0 Å². The van der Waals surface area contributed by atoms with Gasteiger partial charge in [0.25, 0.3) is 17.8 Å². The highest BCUT2D eigenvalue weighted by atomic mass is 16.4. The maximum atomic E-state index is 12.7. The second-order valence-corrected chi connectivity index (χ2v) is 9.32. The molecule has 0 radical (unpaired) electrons. The van der Waals surface area contributed by atoms with E-state index in [1.807, 2.05) is 30.5 Å². The van der Waals surface area contributed by atoms with Crippen molar-refractivity contribution in [3.63, 3.8) is 0 Å². The maximum absolute atomic E-state index is 12.7. The molecule has 10 nitrogen and oxygen atoms in total. The van der Waals surface area contributed by atoms with Crippen molar-refractivity contribution < 1.29 is 29.0 Å². The molecule has 5 rings (SSSR count). The Hall–Kier alpha value is -3.92. The number of benzene rings is 1. The minimum absolute atomic E-state index is 0.0987. The van der Waals surface area contributed by atoms with Gasteiger partial charge in [0.05, 0.1) is 0 Å². The van der Waals surface area contributed by atoms with Crippen LogP contribution in [0.1, 0.15) is 60.4 Å². The maximum Gasteiger partial charge on any atom is 0.349 e. The molecule has 1 amide bonds. The molecular weight excluding hydrogens is 478 g/mol. The highest BCUT2D eigenvalue weighted by Crippen LogP contribution is 2.28. The van der Waals surface area contributed by atoms with Gasteiger partial charge in [0.1, 0.15) is 11.3 Å². The molecule has 2 aliphatic rings. The lowest BCUT2D eigenvalue weighted by Crippen LogP contribution is -2.44. The number of nitrogens with one attached hydrogen (secondary N) is 3. The largest absolute Gasteiger partial charge is 0.481 e. The molecular formula is C27H33N3O7. The van der Waals surface area contributed by atoms with Crippen LogP contribution in [-0.2, 0) is 22.4 Å². The van der Waals surface area contributed by atoms with E-state index in [-0.39, 0.29) is 17.5 Å². The molecule has 2 bridgehead atoms. The molecule has 5 N–H and O–H groups in total. The number of hydrogen-bond donors (Lipinski definition) is 5. The number of hydrogen-bond acceptors (Lipinski definition) is 6. The van der Waals surface area contributed by atoms with Crippen LogP contribution in [0.15, 0.2) is 45.7 Å². The summed E-state index contributed by atoms with van der Waals surface area (Å²) in [6.07, 6.45) is 6.55. The minimum Gasteiger partial charge on any atom is -0.481 e. The van der Waals surface area contributed by atoms with E-state index in [1.54, 1.807) is 6.92 Å². The lowest BCUT2D eigenvalue weighted by Gasteiger charge is -2.21. The molecule has 0 saturated carbocycles. The zero-order valence-corrected chi connectivity index (χ0v) is 21.2. The van der Waals surface area contributed by atoms with Crippen LogP contribution < -0.4 is 16.3 Å². The van der Waals surface area contributed by atoms with E-state index in [0.29, 0.717) is 29.8 Å². The summed E-state index contributed by atoms with van der Waals surface area (Å²) in [5, 5.41) is 22.5. The van der Waals surface area contributed by atoms with E-state index in [1.165, 1.54) is 17.4 Å². The van der Waals surface area contributed by atoms with Crippen molar-refractivity contribution >= 4 is 28.7 Å². The summed E-state index contributed by atoms with van der Waals surface area (Å²) in [6, 6.07) is 10.9. The molecule has 0 aliphatic carbocycles. The van der Waals surface area contributed by atoms with Crippen molar-refractivity contribution in [3.05, 3.63) is 69.4 Å². The highest BCUT2D eigenvalue weighted by molar-refractivity contribution is 5.95. The van der Waals surface area contributed by atoms with Crippen LogP contribution in [0.5, 0.6) is 0 Å². The fraction of sp³-hybridized carbons (Fsp3) is 0.407. The standard InChI is InChI=1S/C23H25N3O3.2C2H4O2/c1-13-10-16(8-6-14-12-24-18-5-3-2-4-17(14)18)29-23(28)21(13)22(27)26-20-11-15-7-9-19(20)25-15;2*1-2(3)4/h2-5,10,12,15,19-20,24-25H,6-9,11H2,1H3,(H,26,27);2*1H3,(H,3,4)/t15-,19+,20+;;/m1../s1. The fourth-order valence-corrected chi connectivity index (χ4v) is 4.89. The number of aromatic nitrogens is 1. The smallest absolute Gasteiger partial charge is 0.349 e. The SMILES string of the molecule is CC(=O)O.CC(=O)O.Cc1cc(CCc2c[nH]c3ccccc23)oc(=O)c1C(=O)N[C@H]1C[C@H]2CC[C@@H]1N2. The number of rotatable bonds is 5. The normalized spacial score (nSPS) is 19.4. The predicted molar refractivity (Wildman–Crippen MR) is 138 cm³/mol. The van der Waals surface area contributed by atoms with Crippen LogP contribution in [-0.4, -0.2) is 51.2 Å². The van der Waals surface area contributed by atoms with Gasteiger partial charge in [-0.15, -0.1) is 0 Å². The van der Waals surface area contributed by atoms with E-state index in [0.717, 1.165) is 38.6 Å². The summed E-state index contributed by atoms with van der Waals surface area (Å²) in [5.41, 5.74) is 2.54. The van der Waals surface area contributed by atoms with Gasteiger partial charge in [-0.25, -0.2) is 4.79 Å². The molecule has 2 saturated heterocycles. The van der Waals surface area contributed by atoms with Gasteiger partial charge >= 0.3 is 5.63 Å². The number of fused-ring (bicyclic) bond motifs is 3. The molecule has 3 aromatic rings. The van der Waals surface area contributed by atoms with Crippen LogP contribution in [0.2, 0.25) is 0 Å². The molecule has 1 aromatic carbocycles. The number of para-hydroxylation sites is 1. The van der Waals surface area contributed by atoms with Gasteiger partial charge in [-0.05, 0) is 55.9 Å². The van der Waals surface area contributed by atoms with Crippen LogP contribution in [0, 0.1) is 6.92 Å². The summed E-state index contributed by atoms with van der Waals surface area (Å²) in [7, 11) is 0. The second kappa shape index (κ2) is 12.4. The number of carbonyl (C=O) groups is 3. The molecule has 37 heavy (non-hydrogen) atoms. The summed E-state index contributed by atoms with van der Waals surface area (Å²) >= 11 is 0. The first-order valence-corrected chi connectivity index (χ1v) is 12.2. The molecule has 2 aromatic heterocycles. The van der Waals surface area contributed by atoms with Gasteiger partial charge < -0.3 is 30.2 Å². The van der Waals surface area contributed by atoms with Gasteiger partial charge in [-0.2, -0.15) is 0 Å². The third-order valence-corrected chi connectivity index (χ3v) is 6.36. The third kappa shape index (κ3) is 7.53. The Labute approximate surface area is 214 Å². The van der Waals surface area contributed by atoms with Gasteiger partial charge in [0, 0.05) is 55.5 Å². The zero-order valence-electron chi connectivity index (χ0n) is 21.2. The average Bonchev–Trinajstić information content (AvgIpc) is 3.52. The Balaban J connectivity index is 0.000000420.